The molecule has 8 heteroatoms. The molecule has 3 heterocycles. The number of thiocarbonyl (C=S) groups is 1. The average Bonchev–Trinajstić information content (AvgIpc) is 3.12. The van der Waals surface area contributed by atoms with Gasteiger partial charge in [-0.2, -0.15) is 0 Å². The number of carbonyl (C=O) groups excluding carboxylic acids is 1. The molecule has 4 rings (SSSR count). The van der Waals surface area contributed by atoms with Gasteiger partial charge in [-0.05, 0) is 43.0 Å². The van der Waals surface area contributed by atoms with Crippen LogP contribution in [0.15, 0.2) is 58.4 Å². The van der Waals surface area contributed by atoms with Gasteiger partial charge in [-0.25, -0.2) is 4.98 Å². The number of anilines is 1. The number of hydrogen-bond donors (Lipinski definition) is 1. The van der Waals surface area contributed by atoms with Crippen LogP contribution in [0.4, 0.5) is 5.82 Å². The number of nitrogens with zero attached hydrogens (tertiary/aromatic N) is 3. The Kier molecular flexibility index (Phi) is 8.36. The predicted octanol–water partition coefficient (Wildman–Crippen LogP) is 5.44. The molecule has 1 saturated heterocycles. The van der Waals surface area contributed by atoms with Gasteiger partial charge < -0.3 is 5.32 Å². The summed E-state index contributed by atoms with van der Waals surface area (Å²) in [5.74, 6) is 0.337. The molecule has 0 bridgehead atoms. The molecule has 6 nitrogen and oxygen atoms in total. The van der Waals surface area contributed by atoms with Crippen LogP contribution in [0, 0.1) is 6.92 Å². The van der Waals surface area contributed by atoms with Gasteiger partial charge in [0.1, 0.15) is 15.8 Å². The molecule has 3 aromatic rings. The van der Waals surface area contributed by atoms with Crippen molar-refractivity contribution < 1.29 is 4.79 Å². The van der Waals surface area contributed by atoms with E-state index in [1.807, 2.05) is 37.3 Å². The lowest BCUT2D eigenvalue weighted by Crippen LogP contribution is -2.29. The molecule has 1 aromatic carbocycles. The number of aryl methyl sites for hydroxylation is 1. The van der Waals surface area contributed by atoms with Crippen LogP contribution < -0.4 is 10.9 Å². The van der Waals surface area contributed by atoms with Crippen molar-refractivity contribution in [1.29, 1.82) is 0 Å². The van der Waals surface area contributed by atoms with E-state index in [2.05, 4.69) is 24.4 Å². The lowest BCUT2D eigenvalue weighted by molar-refractivity contribution is -0.122. The van der Waals surface area contributed by atoms with Gasteiger partial charge in [0.25, 0.3) is 11.5 Å². The molecule has 1 aliphatic rings. The molecule has 1 fully saturated rings. The first-order chi connectivity index (χ1) is 17.0. The molecule has 0 atom stereocenters. The number of benzene rings is 1. The molecule has 1 N–H and O–H groups in total. The van der Waals surface area contributed by atoms with E-state index in [0.29, 0.717) is 39.3 Å². The van der Waals surface area contributed by atoms with E-state index < -0.39 is 0 Å². The van der Waals surface area contributed by atoms with Crippen LogP contribution in [-0.2, 0) is 11.2 Å². The molecule has 182 valence electrons. The monoisotopic (exact) mass is 506 g/mol. The molecule has 0 spiro atoms. The summed E-state index contributed by atoms with van der Waals surface area (Å²) in [5, 5.41) is 3.33. The molecular weight excluding hydrogens is 476 g/mol. The first kappa shape index (κ1) is 25.1. The zero-order valence-corrected chi connectivity index (χ0v) is 21.8. The average molecular weight is 507 g/mol. The fourth-order valence-corrected chi connectivity index (χ4v) is 5.30. The van der Waals surface area contributed by atoms with Gasteiger partial charge in [-0.3, -0.25) is 18.9 Å². The Balaban J connectivity index is 1.64. The minimum atomic E-state index is -0.214. The van der Waals surface area contributed by atoms with E-state index in [4.69, 9.17) is 17.2 Å². The van der Waals surface area contributed by atoms with Crippen molar-refractivity contribution >= 4 is 51.7 Å². The Morgan fingerprint density at radius 2 is 1.89 bits per heavy atom. The first-order valence-corrected chi connectivity index (χ1v) is 13.3. The third kappa shape index (κ3) is 6.00. The third-order valence-electron chi connectivity index (χ3n) is 5.94. The van der Waals surface area contributed by atoms with Gasteiger partial charge >= 0.3 is 0 Å². The van der Waals surface area contributed by atoms with Crippen molar-refractivity contribution in [1.82, 2.24) is 14.3 Å². The van der Waals surface area contributed by atoms with Crippen LogP contribution in [-0.4, -0.2) is 37.6 Å². The molecule has 35 heavy (non-hydrogen) atoms. The Hall–Kier alpha value is -2.97. The van der Waals surface area contributed by atoms with E-state index in [9.17, 15) is 9.59 Å². The summed E-state index contributed by atoms with van der Waals surface area (Å²) in [6.07, 6.45) is 8.47. The second-order valence-corrected chi connectivity index (χ2v) is 10.3. The number of aromatic nitrogens is 2. The van der Waals surface area contributed by atoms with Gasteiger partial charge in [0.05, 0.1) is 10.5 Å². The Labute approximate surface area is 215 Å². The molecule has 0 aliphatic carbocycles. The summed E-state index contributed by atoms with van der Waals surface area (Å²) in [5.41, 5.74) is 2.86. The van der Waals surface area contributed by atoms with Gasteiger partial charge in [0, 0.05) is 19.3 Å². The number of hydrogen-bond acceptors (Lipinski definition) is 6. The maximum absolute atomic E-state index is 13.5. The summed E-state index contributed by atoms with van der Waals surface area (Å²) in [4.78, 5) is 33.5. The standard InChI is InChI=1S/C27H30N4O2S2/c1-3-4-5-9-16-30-26(33)22(35-27(30)34)17-21-24(28-15-14-20-10-7-6-8-11-20)29-23-13-12-19(2)18-31(23)25(21)32/h6-8,10-13,17-18,28H,3-5,9,14-16H2,1-2H3/b22-17+. The number of nitrogens with one attached hydrogen (secondary N) is 1. The van der Waals surface area contributed by atoms with E-state index in [-0.39, 0.29) is 11.5 Å². The number of thioether (sulfide) groups is 1. The second kappa shape index (κ2) is 11.6. The number of carbonyl (C=O) groups is 1. The number of unbranched alkanes of at least 4 members (excludes halogenated alkanes) is 3. The molecule has 0 unspecified atom stereocenters. The van der Waals surface area contributed by atoms with Crippen LogP contribution >= 0.6 is 24.0 Å². The topological polar surface area (TPSA) is 66.7 Å². The van der Waals surface area contributed by atoms with Gasteiger partial charge in [-0.15, -0.1) is 0 Å². The minimum Gasteiger partial charge on any atom is -0.369 e. The highest BCUT2D eigenvalue weighted by molar-refractivity contribution is 8.26. The number of rotatable bonds is 10. The first-order valence-electron chi connectivity index (χ1n) is 12.0. The molecular formula is C27H30N4O2S2. The number of pyridine rings is 1. The molecule has 1 aliphatic heterocycles. The van der Waals surface area contributed by atoms with Crippen molar-refractivity contribution in [2.75, 3.05) is 18.4 Å². The highest BCUT2D eigenvalue weighted by Gasteiger charge is 2.32. The summed E-state index contributed by atoms with van der Waals surface area (Å²) in [7, 11) is 0. The van der Waals surface area contributed by atoms with Gasteiger partial charge in [0.2, 0.25) is 0 Å². The van der Waals surface area contributed by atoms with Crippen molar-refractivity contribution in [3.05, 3.63) is 80.6 Å². The number of amides is 1. The van der Waals surface area contributed by atoms with Gasteiger partial charge in [-0.1, -0.05) is 86.6 Å². The molecule has 1 amide bonds. The summed E-state index contributed by atoms with van der Waals surface area (Å²) < 4.78 is 2.08. The zero-order valence-electron chi connectivity index (χ0n) is 20.1. The minimum absolute atomic E-state index is 0.138. The fraction of sp³-hybridized carbons (Fsp3) is 0.333. The lowest BCUT2D eigenvalue weighted by atomic mass is 10.1. The van der Waals surface area contributed by atoms with E-state index in [1.165, 1.54) is 21.7 Å². The van der Waals surface area contributed by atoms with Crippen LogP contribution in [0.25, 0.3) is 11.7 Å². The van der Waals surface area contributed by atoms with Gasteiger partial charge in [0.15, 0.2) is 0 Å². The third-order valence-corrected chi connectivity index (χ3v) is 7.32. The summed E-state index contributed by atoms with van der Waals surface area (Å²) in [6, 6.07) is 13.9. The fourth-order valence-electron chi connectivity index (χ4n) is 4.01. The second-order valence-electron chi connectivity index (χ2n) is 8.67. The molecule has 0 radical (unpaired) electrons. The maximum Gasteiger partial charge on any atom is 0.267 e. The molecule has 2 aromatic heterocycles. The predicted molar refractivity (Wildman–Crippen MR) is 149 cm³/mol. The van der Waals surface area contributed by atoms with Crippen LogP contribution in [0.1, 0.15) is 49.3 Å². The van der Waals surface area contributed by atoms with Crippen molar-refractivity contribution in [2.24, 2.45) is 0 Å². The quantitative estimate of drug-likeness (QED) is 0.224. The smallest absolute Gasteiger partial charge is 0.267 e. The highest BCUT2D eigenvalue weighted by atomic mass is 32.2. The van der Waals surface area contributed by atoms with Crippen LogP contribution in [0.3, 0.4) is 0 Å². The Bertz CT molecular complexity index is 1320. The SMILES string of the molecule is CCCCCCN1C(=O)/C(=C\c2c(NCCc3ccccc3)nc3ccc(C)cn3c2=O)SC1=S. The van der Waals surface area contributed by atoms with E-state index in [0.717, 1.165) is 37.7 Å². The van der Waals surface area contributed by atoms with Crippen molar-refractivity contribution in [3.63, 3.8) is 0 Å². The number of fused-ring (bicyclic) bond motifs is 1. The normalized spacial score (nSPS) is 14.9. The Morgan fingerprint density at radius 1 is 1.09 bits per heavy atom. The van der Waals surface area contributed by atoms with Crippen LogP contribution in [0.2, 0.25) is 0 Å². The van der Waals surface area contributed by atoms with Crippen molar-refractivity contribution in [2.45, 2.75) is 46.0 Å². The summed E-state index contributed by atoms with van der Waals surface area (Å²) >= 11 is 6.74. The lowest BCUT2D eigenvalue weighted by Gasteiger charge is -2.14. The Morgan fingerprint density at radius 3 is 2.66 bits per heavy atom. The maximum atomic E-state index is 13.5. The van der Waals surface area contributed by atoms with Crippen molar-refractivity contribution in [3.8, 4) is 0 Å². The highest BCUT2D eigenvalue weighted by Crippen LogP contribution is 2.33. The largest absolute Gasteiger partial charge is 0.369 e. The van der Waals surface area contributed by atoms with Crippen LogP contribution in [0.5, 0.6) is 0 Å². The summed E-state index contributed by atoms with van der Waals surface area (Å²) in [6.45, 7) is 5.31. The van der Waals surface area contributed by atoms with E-state index >= 15 is 0 Å². The molecule has 0 saturated carbocycles. The van der Waals surface area contributed by atoms with E-state index in [1.54, 1.807) is 17.2 Å². The zero-order chi connectivity index (χ0) is 24.8.